The molecule has 0 radical (unpaired) electrons. The van der Waals surface area contributed by atoms with E-state index >= 15 is 0 Å². The highest BCUT2D eigenvalue weighted by atomic mass is 35.5. The van der Waals surface area contributed by atoms with Gasteiger partial charge in [-0.15, -0.1) is 0 Å². The summed E-state index contributed by atoms with van der Waals surface area (Å²) in [6.45, 7) is 4.01. The van der Waals surface area contributed by atoms with Crippen molar-refractivity contribution >= 4 is 28.9 Å². The lowest BCUT2D eigenvalue weighted by molar-refractivity contribution is 0.191. The molecule has 0 aliphatic heterocycles. The van der Waals surface area contributed by atoms with Gasteiger partial charge in [0.2, 0.25) is 11.2 Å². The third-order valence-electron chi connectivity index (χ3n) is 2.31. The second-order valence-electron chi connectivity index (χ2n) is 4.33. The minimum atomic E-state index is -0.633. The molecule has 0 saturated carbocycles. The molecule has 0 aliphatic carbocycles. The van der Waals surface area contributed by atoms with Crippen LogP contribution in [0.2, 0.25) is 5.28 Å². The van der Waals surface area contributed by atoms with Gasteiger partial charge in [0, 0.05) is 6.54 Å². The number of aliphatic hydroxyl groups is 1. The van der Waals surface area contributed by atoms with Gasteiger partial charge >= 0.3 is 6.01 Å². The van der Waals surface area contributed by atoms with Gasteiger partial charge in [0.05, 0.1) is 12.2 Å². The van der Waals surface area contributed by atoms with Crippen molar-refractivity contribution in [1.82, 2.24) is 15.0 Å². The van der Waals surface area contributed by atoms with E-state index in [9.17, 15) is 5.11 Å². The van der Waals surface area contributed by atoms with Crippen molar-refractivity contribution in [3.63, 3.8) is 0 Å². The first-order chi connectivity index (χ1) is 9.54. The van der Waals surface area contributed by atoms with Crippen molar-refractivity contribution in [1.29, 1.82) is 0 Å². The molecule has 6 nitrogen and oxygen atoms in total. The number of hydrogen-bond donors (Lipinski definition) is 2. The van der Waals surface area contributed by atoms with Crippen LogP contribution in [0.25, 0.3) is 0 Å². The Morgan fingerprint density at radius 2 is 2.20 bits per heavy atom. The quantitative estimate of drug-likeness (QED) is 0.853. The van der Waals surface area contributed by atoms with Crippen LogP contribution in [0.3, 0.4) is 0 Å². The Balaban J connectivity index is 2.00. The fourth-order valence-corrected chi connectivity index (χ4v) is 2.30. The zero-order valence-electron chi connectivity index (χ0n) is 11.1. The fourth-order valence-electron chi connectivity index (χ4n) is 1.44. The Labute approximate surface area is 125 Å². The summed E-state index contributed by atoms with van der Waals surface area (Å²) in [5, 5.41) is 16.7. The van der Waals surface area contributed by atoms with Crippen molar-refractivity contribution in [2.45, 2.75) is 26.1 Å². The molecule has 1 atom stereocenters. The molecule has 2 aromatic rings. The minimum absolute atomic E-state index is 0.0446. The molecule has 2 aromatic heterocycles. The van der Waals surface area contributed by atoms with Crippen LogP contribution in [-0.4, -0.2) is 32.7 Å². The van der Waals surface area contributed by atoms with E-state index in [2.05, 4.69) is 20.3 Å². The molecule has 0 spiro atoms. The van der Waals surface area contributed by atoms with Gasteiger partial charge in [0.25, 0.3) is 0 Å². The van der Waals surface area contributed by atoms with Gasteiger partial charge < -0.3 is 15.2 Å². The summed E-state index contributed by atoms with van der Waals surface area (Å²) in [5.41, 5.74) is 0.848. The standard InChI is InChI=1S/C12H15ClN4O2S/c1-7(2)19-12-16-10(13)15-11(17-12)14-5-9(18)8-3-4-20-6-8/h3-4,6-7,9,18H,5H2,1-2H3,(H,14,15,16,17). The Kier molecular flexibility index (Phi) is 5.11. The fraction of sp³-hybridized carbons (Fsp3) is 0.417. The maximum atomic E-state index is 9.96. The third kappa shape index (κ3) is 4.29. The number of thiophene rings is 1. The topological polar surface area (TPSA) is 80.2 Å². The molecular formula is C12H15ClN4O2S. The molecule has 2 heterocycles. The van der Waals surface area contributed by atoms with Crippen LogP contribution in [-0.2, 0) is 0 Å². The van der Waals surface area contributed by atoms with E-state index in [4.69, 9.17) is 16.3 Å². The molecule has 0 aliphatic rings. The van der Waals surface area contributed by atoms with Crippen molar-refractivity contribution in [3.8, 4) is 6.01 Å². The second kappa shape index (κ2) is 6.83. The number of aliphatic hydroxyl groups excluding tert-OH is 1. The molecule has 2 rings (SSSR count). The van der Waals surface area contributed by atoms with E-state index in [1.165, 1.54) is 11.3 Å². The van der Waals surface area contributed by atoms with Crippen LogP contribution in [0, 0.1) is 0 Å². The lowest BCUT2D eigenvalue weighted by Crippen LogP contribution is -2.15. The normalized spacial score (nSPS) is 12.4. The maximum absolute atomic E-state index is 9.96. The summed E-state index contributed by atoms with van der Waals surface area (Å²) in [6, 6.07) is 2.03. The van der Waals surface area contributed by atoms with Crippen LogP contribution < -0.4 is 10.1 Å². The Hall–Kier alpha value is -1.44. The number of anilines is 1. The number of halogens is 1. The summed E-state index contributed by atoms with van der Waals surface area (Å²) in [7, 11) is 0. The summed E-state index contributed by atoms with van der Waals surface area (Å²) < 4.78 is 5.37. The SMILES string of the molecule is CC(C)Oc1nc(Cl)nc(NCC(O)c2ccsc2)n1. The highest BCUT2D eigenvalue weighted by molar-refractivity contribution is 7.07. The zero-order valence-corrected chi connectivity index (χ0v) is 12.6. The molecule has 20 heavy (non-hydrogen) atoms. The third-order valence-corrected chi connectivity index (χ3v) is 3.18. The number of nitrogens with zero attached hydrogens (tertiary/aromatic N) is 3. The van der Waals surface area contributed by atoms with Gasteiger partial charge in [-0.2, -0.15) is 26.3 Å². The van der Waals surface area contributed by atoms with Gasteiger partial charge in [0.15, 0.2) is 0 Å². The molecule has 0 amide bonds. The Morgan fingerprint density at radius 3 is 2.85 bits per heavy atom. The number of aromatic nitrogens is 3. The predicted octanol–water partition coefficient (Wildman–Crippen LogP) is 2.52. The van der Waals surface area contributed by atoms with Crippen molar-refractivity contribution in [2.75, 3.05) is 11.9 Å². The molecule has 108 valence electrons. The molecular weight excluding hydrogens is 300 g/mol. The van der Waals surface area contributed by atoms with E-state index in [0.29, 0.717) is 0 Å². The smallest absolute Gasteiger partial charge is 0.322 e. The average molecular weight is 315 g/mol. The van der Waals surface area contributed by atoms with E-state index in [1.54, 1.807) is 0 Å². The molecule has 8 heteroatoms. The summed E-state index contributed by atoms with van der Waals surface area (Å²) in [6.07, 6.45) is -0.691. The van der Waals surface area contributed by atoms with E-state index in [-0.39, 0.29) is 29.9 Å². The van der Waals surface area contributed by atoms with Crippen LogP contribution in [0.5, 0.6) is 6.01 Å². The minimum Gasteiger partial charge on any atom is -0.461 e. The van der Waals surface area contributed by atoms with Gasteiger partial charge in [-0.1, -0.05) is 0 Å². The molecule has 0 fully saturated rings. The van der Waals surface area contributed by atoms with Gasteiger partial charge in [-0.25, -0.2) is 0 Å². The van der Waals surface area contributed by atoms with Gasteiger partial charge in [0.1, 0.15) is 0 Å². The first-order valence-electron chi connectivity index (χ1n) is 6.07. The zero-order chi connectivity index (χ0) is 14.5. The number of rotatable bonds is 6. The van der Waals surface area contributed by atoms with Crippen molar-refractivity contribution in [3.05, 3.63) is 27.7 Å². The molecule has 0 aromatic carbocycles. The van der Waals surface area contributed by atoms with E-state index in [1.807, 2.05) is 30.7 Å². The lowest BCUT2D eigenvalue weighted by Gasteiger charge is -2.12. The van der Waals surface area contributed by atoms with E-state index < -0.39 is 6.10 Å². The Bertz CT molecular complexity index is 550. The van der Waals surface area contributed by atoms with E-state index in [0.717, 1.165) is 5.56 Å². The first kappa shape index (κ1) is 15.0. The van der Waals surface area contributed by atoms with Gasteiger partial charge in [-0.3, -0.25) is 0 Å². The Morgan fingerprint density at radius 1 is 1.40 bits per heavy atom. The molecule has 0 bridgehead atoms. The van der Waals surface area contributed by atoms with Crippen LogP contribution in [0.15, 0.2) is 16.8 Å². The largest absolute Gasteiger partial charge is 0.461 e. The van der Waals surface area contributed by atoms with Crippen LogP contribution in [0.1, 0.15) is 25.5 Å². The van der Waals surface area contributed by atoms with Crippen LogP contribution in [0.4, 0.5) is 5.95 Å². The molecule has 0 saturated heterocycles. The average Bonchev–Trinajstić information content (AvgIpc) is 2.88. The maximum Gasteiger partial charge on any atom is 0.322 e. The monoisotopic (exact) mass is 314 g/mol. The van der Waals surface area contributed by atoms with Crippen molar-refractivity contribution in [2.24, 2.45) is 0 Å². The number of ether oxygens (including phenoxy) is 1. The number of nitrogens with one attached hydrogen (secondary N) is 1. The lowest BCUT2D eigenvalue weighted by atomic mass is 10.2. The summed E-state index contributed by atoms with van der Waals surface area (Å²) in [4.78, 5) is 11.9. The summed E-state index contributed by atoms with van der Waals surface area (Å²) >= 11 is 7.34. The van der Waals surface area contributed by atoms with Gasteiger partial charge in [-0.05, 0) is 47.8 Å². The number of hydrogen-bond acceptors (Lipinski definition) is 7. The molecule has 2 N–H and O–H groups in total. The van der Waals surface area contributed by atoms with Crippen molar-refractivity contribution < 1.29 is 9.84 Å². The molecule has 1 unspecified atom stereocenters. The highest BCUT2D eigenvalue weighted by Crippen LogP contribution is 2.17. The second-order valence-corrected chi connectivity index (χ2v) is 5.45. The summed E-state index contributed by atoms with van der Waals surface area (Å²) in [5.74, 6) is 0.273. The first-order valence-corrected chi connectivity index (χ1v) is 7.39. The predicted molar refractivity (Wildman–Crippen MR) is 78.4 cm³/mol. The highest BCUT2D eigenvalue weighted by Gasteiger charge is 2.11. The van der Waals surface area contributed by atoms with Crippen LogP contribution >= 0.6 is 22.9 Å².